The Bertz CT molecular complexity index is 534. The number of nitrogens with one attached hydrogen (secondary N) is 2. The summed E-state index contributed by atoms with van der Waals surface area (Å²) in [6, 6.07) is 7.46. The molecule has 5 heteroatoms. The summed E-state index contributed by atoms with van der Waals surface area (Å²) in [6.07, 6.45) is 1.75. The van der Waals surface area contributed by atoms with E-state index in [1.54, 1.807) is 12.1 Å². The molecule has 21 heavy (non-hydrogen) atoms. The molecule has 0 spiro atoms. The second kappa shape index (κ2) is 7.38. The molecule has 0 fully saturated rings. The van der Waals surface area contributed by atoms with Crippen molar-refractivity contribution < 1.29 is 8.42 Å². The molecule has 0 bridgehead atoms. The first kappa shape index (κ1) is 18.1. The molecule has 0 aliphatic rings. The third kappa shape index (κ3) is 6.16. The minimum Gasteiger partial charge on any atom is -0.310 e. The first-order valence-corrected chi connectivity index (χ1v) is 9.01. The van der Waals surface area contributed by atoms with Crippen molar-refractivity contribution in [3.05, 3.63) is 29.8 Å². The summed E-state index contributed by atoms with van der Waals surface area (Å²) < 4.78 is 27.5. The predicted octanol–water partition coefficient (Wildman–Crippen LogP) is 3.04. The van der Waals surface area contributed by atoms with Crippen LogP contribution in [0.5, 0.6) is 0 Å². The lowest BCUT2D eigenvalue weighted by Gasteiger charge is -2.25. The summed E-state index contributed by atoms with van der Waals surface area (Å²) in [6.45, 7) is 10.8. The molecule has 1 rings (SSSR count). The number of rotatable bonds is 8. The molecule has 1 aromatic rings. The molecule has 0 atom stereocenters. The summed E-state index contributed by atoms with van der Waals surface area (Å²) in [7, 11) is -3.46. The van der Waals surface area contributed by atoms with Crippen molar-refractivity contribution in [1.29, 1.82) is 0 Å². The van der Waals surface area contributed by atoms with Gasteiger partial charge in [0.25, 0.3) is 0 Å². The van der Waals surface area contributed by atoms with Gasteiger partial charge in [0.2, 0.25) is 10.0 Å². The van der Waals surface area contributed by atoms with Crippen molar-refractivity contribution in [2.75, 3.05) is 0 Å². The maximum Gasteiger partial charge on any atom is 0.241 e. The molecule has 0 aliphatic heterocycles. The molecule has 0 amide bonds. The largest absolute Gasteiger partial charge is 0.310 e. The van der Waals surface area contributed by atoms with Gasteiger partial charge in [-0.15, -0.1) is 0 Å². The van der Waals surface area contributed by atoms with Crippen molar-refractivity contribution in [1.82, 2.24) is 10.0 Å². The van der Waals surface area contributed by atoms with Crippen molar-refractivity contribution >= 4 is 10.0 Å². The zero-order valence-electron chi connectivity index (χ0n) is 13.7. The smallest absolute Gasteiger partial charge is 0.241 e. The fourth-order valence-electron chi connectivity index (χ4n) is 2.21. The summed E-state index contributed by atoms with van der Waals surface area (Å²) in [5.41, 5.74) is 0.654. The van der Waals surface area contributed by atoms with Crippen LogP contribution in [0.25, 0.3) is 0 Å². The van der Waals surface area contributed by atoms with Crippen LogP contribution in [-0.2, 0) is 16.6 Å². The van der Waals surface area contributed by atoms with Crippen molar-refractivity contribution in [2.45, 2.75) is 70.5 Å². The van der Waals surface area contributed by atoms with E-state index in [-0.39, 0.29) is 0 Å². The Hall–Kier alpha value is -0.910. The lowest BCUT2D eigenvalue weighted by Crippen LogP contribution is -2.43. The van der Waals surface area contributed by atoms with Crippen molar-refractivity contribution in [3.63, 3.8) is 0 Å². The van der Waals surface area contributed by atoms with Crippen molar-refractivity contribution in [2.24, 2.45) is 0 Å². The Kier molecular flexibility index (Phi) is 6.38. The van der Waals surface area contributed by atoms with Gasteiger partial charge in [-0.2, -0.15) is 0 Å². The molecular formula is C16H28N2O2S. The molecule has 0 saturated carbocycles. The first-order chi connectivity index (χ1) is 9.66. The Labute approximate surface area is 129 Å². The van der Waals surface area contributed by atoms with E-state index in [0.29, 0.717) is 10.9 Å². The molecule has 0 heterocycles. The molecule has 1 aromatic carbocycles. The van der Waals surface area contributed by atoms with E-state index in [4.69, 9.17) is 0 Å². The van der Waals surface area contributed by atoms with Crippen LogP contribution in [0, 0.1) is 0 Å². The van der Waals surface area contributed by atoms with Gasteiger partial charge in [0.1, 0.15) is 0 Å². The average Bonchev–Trinajstić information content (AvgIpc) is 2.35. The summed E-state index contributed by atoms with van der Waals surface area (Å²) in [4.78, 5) is 0.319. The summed E-state index contributed by atoms with van der Waals surface area (Å²) >= 11 is 0. The number of sulfonamides is 1. The van der Waals surface area contributed by atoms with Crippen molar-refractivity contribution in [3.8, 4) is 0 Å². The Morgan fingerprint density at radius 3 is 2.19 bits per heavy atom. The van der Waals surface area contributed by atoms with E-state index in [2.05, 4.69) is 23.9 Å². The van der Waals surface area contributed by atoms with E-state index in [9.17, 15) is 8.42 Å². The normalized spacial score (nSPS) is 12.9. The quantitative estimate of drug-likeness (QED) is 0.775. The fourth-order valence-corrected chi connectivity index (χ4v) is 3.65. The average molecular weight is 312 g/mol. The van der Waals surface area contributed by atoms with Gasteiger partial charge < -0.3 is 5.32 Å². The van der Waals surface area contributed by atoms with Crippen LogP contribution in [0.3, 0.4) is 0 Å². The van der Waals surface area contributed by atoms with E-state index in [1.165, 1.54) is 0 Å². The molecule has 0 unspecified atom stereocenters. The molecule has 0 saturated heterocycles. The van der Waals surface area contributed by atoms with E-state index in [1.807, 2.05) is 32.9 Å². The lowest BCUT2D eigenvalue weighted by atomic mass is 10.0. The highest BCUT2D eigenvalue weighted by atomic mass is 32.2. The molecule has 0 aromatic heterocycles. The highest BCUT2D eigenvalue weighted by Crippen LogP contribution is 2.17. The Balaban J connectivity index is 2.80. The molecule has 0 aliphatic carbocycles. The minimum atomic E-state index is -3.46. The van der Waals surface area contributed by atoms with Gasteiger partial charge >= 0.3 is 0 Å². The second-order valence-electron chi connectivity index (χ2n) is 6.42. The Morgan fingerprint density at radius 1 is 1.14 bits per heavy atom. The van der Waals surface area contributed by atoms with Gasteiger partial charge in [0, 0.05) is 18.1 Å². The van der Waals surface area contributed by atoms with Crippen LogP contribution in [0.2, 0.25) is 0 Å². The van der Waals surface area contributed by atoms with Gasteiger partial charge in [0.15, 0.2) is 0 Å². The third-order valence-electron chi connectivity index (χ3n) is 3.23. The third-order valence-corrected chi connectivity index (χ3v) is 4.95. The van der Waals surface area contributed by atoms with E-state index >= 15 is 0 Å². The monoisotopic (exact) mass is 312 g/mol. The number of hydrogen-bond donors (Lipinski definition) is 2. The molecule has 120 valence electrons. The standard InChI is InChI=1S/C16H28N2O2S/c1-6-11-16(4,5)18-21(19,20)15-9-7-14(8-10-15)12-17-13(2)3/h7-10,13,17-18H,6,11-12H2,1-5H3. The van der Waals surface area contributed by atoms with Crippen LogP contribution < -0.4 is 10.0 Å². The van der Waals surface area contributed by atoms with Gasteiger partial charge in [-0.05, 0) is 38.0 Å². The number of benzene rings is 1. The topological polar surface area (TPSA) is 58.2 Å². The van der Waals surface area contributed by atoms with E-state index < -0.39 is 15.6 Å². The Morgan fingerprint density at radius 2 is 1.71 bits per heavy atom. The van der Waals surface area contributed by atoms with Gasteiger partial charge in [-0.3, -0.25) is 0 Å². The molecule has 0 radical (unpaired) electrons. The van der Waals surface area contributed by atoms with Crippen LogP contribution in [0.15, 0.2) is 29.2 Å². The van der Waals surface area contributed by atoms with Crippen LogP contribution >= 0.6 is 0 Å². The maximum atomic E-state index is 12.4. The second-order valence-corrected chi connectivity index (χ2v) is 8.10. The fraction of sp³-hybridized carbons (Fsp3) is 0.625. The van der Waals surface area contributed by atoms with Crippen LogP contribution in [-0.4, -0.2) is 20.0 Å². The predicted molar refractivity (Wildman–Crippen MR) is 87.7 cm³/mol. The molecular weight excluding hydrogens is 284 g/mol. The highest BCUT2D eigenvalue weighted by molar-refractivity contribution is 7.89. The van der Waals surface area contributed by atoms with E-state index in [0.717, 1.165) is 24.9 Å². The summed E-state index contributed by atoms with van der Waals surface area (Å²) in [5, 5.41) is 3.31. The molecule has 2 N–H and O–H groups in total. The van der Waals surface area contributed by atoms with Gasteiger partial charge in [-0.1, -0.05) is 39.3 Å². The highest BCUT2D eigenvalue weighted by Gasteiger charge is 2.25. The minimum absolute atomic E-state index is 0.319. The zero-order valence-corrected chi connectivity index (χ0v) is 14.5. The summed E-state index contributed by atoms with van der Waals surface area (Å²) in [5.74, 6) is 0. The SMILES string of the molecule is CCCC(C)(C)NS(=O)(=O)c1ccc(CNC(C)C)cc1. The van der Waals surface area contributed by atoms with Gasteiger partial charge in [0.05, 0.1) is 4.90 Å². The zero-order chi connectivity index (χ0) is 16.1. The van der Waals surface area contributed by atoms with Crippen LogP contribution in [0.1, 0.15) is 53.0 Å². The number of hydrogen-bond acceptors (Lipinski definition) is 3. The maximum absolute atomic E-state index is 12.4. The first-order valence-electron chi connectivity index (χ1n) is 7.52. The molecule has 4 nitrogen and oxygen atoms in total. The van der Waals surface area contributed by atoms with Crippen LogP contribution in [0.4, 0.5) is 0 Å². The van der Waals surface area contributed by atoms with Gasteiger partial charge in [-0.25, -0.2) is 13.1 Å². The lowest BCUT2D eigenvalue weighted by molar-refractivity contribution is 0.418.